The maximum Gasteiger partial charge on any atom is 0.347 e. The third kappa shape index (κ3) is 5.46. The number of hydrogen-bond acceptors (Lipinski definition) is 5. The molecule has 9 heteroatoms. The molecule has 0 radical (unpaired) electrons. The van der Waals surface area contributed by atoms with Crippen LogP contribution in [0.5, 0.6) is 5.75 Å². The van der Waals surface area contributed by atoms with Crippen LogP contribution in [-0.2, 0) is 4.74 Å². The van der Waals surface area contributed by atoms with Crippen molar-refractivity contribution < 1.29 is 18.7 Å². The average molecular weight is 485 g/mol. The minimum atomic E-state index is -2.48. The molecule has 1 unspecified atom stereocenters. The van der Waals surface area contributed by atoms with Gasteiger partial charge in [-0.15, -0.1) is 0 Å². The number of ether oxygens (including phenoxy) is 2. The first-order valence-electron chi connectivity index (χ1n) is 8.86. The summed E-state index contributed by atoms with van der Waals surface area (Å²) in [5.74, 6) is 0.660. The predicted molar refractivity (Wildman–Crippen MR) is 114 cm³/mol. The molecule has 0 bridgehead atoms. The second kappa shape index (κ2) is 9.11. The number of pyridine rings is 1. The molecule has 6 nitrogen and oxygen atoms in total. The Kier molecular flexibility index (Phi) is 6.77. The molecule has 2 heterocycles. The maximum absolute atomic E-state index is 13.6. The Morgan fingerprint density at radius 1 is 1.48 bits per heavy atom. The lowest BCUT2D eigenvalue weighted by molar-refractivity contribution is 0.0690. The molecular weight excluding hydrogens is 465 g/mol. The van der Waals surface area contributed by atoms with Crippen molar-refractivity contribution >= 4 is 44.9 Å². The van der Waals surface area contributed by atoms with Crippen molar-refractivity contribution in [1.29, 1.82) is 0 Å². The number of anilines is 2. The van der Waals surface area contributed by atoms with Crippen LogP contribution < -0.4 is 15.0 Å². The van der Waals surface area contributed by atoms with E-state index in [1.165, 1.54) is 18.3 Å². The lowest BCUT2D eigenvalue weighted by atomic mass is 10.2. The summed E-state index contributed by atoms with van der Waals surface area (Å²) in [7, 11) is 1.70. The predicted octanol–water partition coefficient (Wildman–Crippen LogP) is 4.75. The highest BCUT2D eigenvalue weighted by Crippen LogP contribution is 2.29. The molecule has 29 heavy (non-hydrogen) atoms. The molecule has 154 valence electrons. The van der Waals surface area contributed by atoms with Crippen LogP contribution in [0, 0.1) is 0 Å². The molecule has 1 amide bonds. The van der Waals surface area contributed by atoms with Crippen molar-refractivity contribution in [2.45, 2.75) is 17.8 Å². The Bertz CT molecular complexity index is 895. The summed E-state index contributed by atoms with van der Waals surface area (Å²) in [4.78, 5) is 19.1. The van der Waals surface area contributed by atoms with E-state index in [-0.39, 0.29) is 17.8 Å². The number of rotatable bonds is 7. The Morgan fingerprint density at radius 3 is 2.79 bits per heavy atom. The summed E-state index contributed by atoms with van der Waals surface area (Å²) in [5, 5.41) is 0.276. The minimum absolute atomic E-state index is 0.187. The first kappa shape index (κ1) is 21.5. The molecule has 0 saturated carbocycles. The maximum atomic E-state index is 13.6. The zero-order chi connectivity index (χ0) is 21.0. The fourth-order valence-electron chi connectivity index (χ4n) is 2.91. The van der Waals surface area contributed by atoms with Crippen molar-refractivity contribution in [1.82, 2.24) is 4.98 Å². The number of methoxy groups -OCH3 is 1. The highest BCUT2D eigenvalue weighted by atomic mass is 79.9. The van der Waals surface area contributed by atoms with Crippen molar-refractivity contribution in [3.05, 3.63) is 59.2 Å². The topological polar surface area (TPSA) is 63.7 Å². The molecular formula is C20H20BrClFN3O3. The molecule has 0 aliphatic carbocycles. The molecule has 1 aliphatic heterocycles. The number of nitrogens with one attached hydrogen (secondary N) is 1. The van der Waals surface area contributed by atoms with Gasteiger partial charge in [0.25, 0.3) is 5.91 Å². The molecule has 1 aliphatic rings. The molecule has 2 aromatic rings. The van der Waals surface area contributed by atoms with Crippen LogP contribution in [0.2, 0.25) is 0 Å². The van der Waals surface area contributed by atoms with Gasteiger partial charge in [0, 0.05) is 38.2 Å². The average Bonchev–Trinajstić information content (AvgIpc) is 3.18. The van der Waals surface area contributed by atoms with E-state index in [0.717, 1.165) is 35.9 Å². The van der Waals surface area contributed by atoms with Gasteiger partial charge >= 0.3 is 5.31 Å². The molecule has 1 aromatic heterocycles. The lowest BCUT2D eigenvalue weighted by Gasteiger charge is -2.19. The highest BCUT2D eigenvalue weighted by Gasteiger charge is 2.25. The summed E-state index contributed by atoms with van der Waals surface area (Å²) in [6, 6.07) is 7.87. The quantitative estimate of drug-likeness (QED) is 0.454. The minimum Gasteiger partial charge on any atom is -0.442 e. The number of hydrogen-bond donors (Lipinski definition) is 1. The van der Waals surface area contributed by atoms with Gasteiger partial charge in [-0.1, -0.05) is 6.58 Å². The summed E-state index contributed by atoms with van der Waals surface area (Å²) < 4.78 is 24.6. The van der Waals surface area contributed by atoms with Crippen LogP contribution >= 0.6 is 27.5 Å². The van der Waals surface area contributed by atoms with E-state index >= 15 is 0 Å². The smallest absolute Gasteiger partial charge is 0.347 e. The van der Waals surface area contributed by atoms with Gasteiger partial charge in [-0.25, -0.2) is 4.98 Å². The van der Waals surface area contributed by atoms with Gasteiger partial charge in [-0.05, 0) is 64.3 Å². The second-order valence-electron chi connectivity index (χ2n) is 6.47. The third-order valence-corrected chi connectivity index (χ3v) is 5.28. The molecule has 3 rings (SSSR count). The van der Waals surface area contributed by atoms with Gasteiger partial charge in [0.05, 0.1) is 16.1 Å². The second-order valence-corrected chi connectivity index (χ2v) is 7.84. The fourth-order valence-corrected chi connectivity index (χ4v) is 3.60. The van der Waals surface area contributed by atoms with Crippen LogP contribution in [0.4, 0.5) is 15.9 Å². The fraction of sp³-hybridized carbons (Fsp3) is 0.300. The van der Waals surface area contributed by atoms with Gasteiger partial charge < -0.3 is 19.7 Å². The Hall–Kier alpha value is -2.16. The zero-order valence-corrected chi connectivity index (χ0v) is 18.0. The van der Waals surface area contributed by atoms with Gasteiger partial charge in [0.15, 0.2) is 0 Å². The Balaban J connectivity index is 1.65. The van der Waals surface area contributed by atoms with E-state index in [1.54, 1.807) is 25.3 Å². The summed E-state index contributed by atoms with van der Waals surface area (Å²) >= 11 is 8.95. The van der Waals surface area contributed by atoms with Gasteiger partial charge in [0.2, 0.25) is 0 Å². The van der Waals surface area contributed by atoms with Crippen LogP contribution in [0.25, 0.3) is 0 Å². The van der Waals surface area contributed by atoms with E-state index in [4.69, 9.17) is 21.1 Å². The first-order valence-corrected chi connectivity index (χ1v) is 10.0. The molecule has 1 aromatic carbocycles. The lowest BCUT2D eigenvalue weighted by Crippen LogP contribution is -2.24. The zero-order valence-electron chi connectivity index (χ0n) is 15.7. The van der Waals surface area contributed by atoms with E-state index in [1.807, 2.05) is 0 Å². The number of alkyl halides is 2. The van der Waals surface area contributed by atoms with Crippen LogP contribution in [0.1, 0.15) is 16.8 Å². The van der Waals surface area contributed by atoms with Crippen molar-refractivity contribution in [3.63, 3.8) is 0 Å². The Labute approximate surface area is 181 Å². The first-order chi connectivity index (χ1) is 13.8. The van der Waals surface area contributed by atoms with Gasteiger partial charge in [0.1, 0.15) is 11.6 Å². The van der Waals surface area contributed by atoms with E-state index in [2.05, 4.69) is 37.7 Å². The number of carbonyl (C=O) groups excluding carboxylic acids is 1. The SMILES string of the molecule is C=CC(F)(Cl)Oc1ccc(NC(=O)c2cnc(N3CC[C@@H](OC)C3)c(Br)c2)cc1. The molecule has 1 N–H and O–H groups in total. The third-order valence-electron chi connectivity index (χ3n) is 4.47. The number of halogens is 3. The number of nitrogens with zero attached hydrogens (tertiary/aromatic N) is 2. The molecule has 0 spiro atoms. The molecule has 2 atom stereocenters. The van der Waals surface area contributed by atoms with E-state index in [0.29, 0.717) is 11.3 Å². The largest absolute Gasteiger partial charge is 0.442 e. The molecule has 1 saturated heterocycles. The van der Waals surface area contributed by atoms with Crippen molar-refractivity contribution in [3.8, 4) is 5.75 Å². The van der Waals surface area contributed by atoms with Crippen LogP contribution in [0.3, 0.4) is 0 Å². The Morgan fingerprint density at radius 2 is 2.21 bits per heavy atom. The van der Waals surface area contributed by atoms with Crippen LogP contribution in [-0.4, -0.2) is 42.5 Å². The highest BCUT2D eigenvalue weighted by molar-refractivity contribution is 9.10. The standard InChI is InChI=1S/C20H20BrClFN3O3/c1-3-20(22,23)29-15-6-4-14(5-7-15)25-19(27)13-10-17(21)18(24-11-13)26-9-8-16(12-26)28-2/h3-7,10-11,16H,1,8-9,12H2,2H3,(H,25,27)/t16-,20?/m1/s1. The number of benzene rings is 1. The number of carbonyl (C=O) groups is 1. The van der Waals surface area contributed by atoms with E-state index in [9.17, 15) is 9.18 Å². The normalized spacial score (nSPS) is 18.2. The van der Waals surface area contributed by atoms with Crippen molar-refractivity contribution in [2.24, 2.45) is 0 Å². The number of aromatic nitrogens is 1. The van der Waals surface area contributed by atoms with E-state index < -0.39 is 5.31 Å². The summed E-state index contributed by atoms with van der Waals surface area (Å²) in [5.41, 5.74) is 0.918. The molecule has 1 fully saturated rings. The monoisotopic (exact) mass is 483 g/mol. The summed E-state index contributed by atoms with van der Waals surface area (Å²) in [6.45, 7) is 4.86. The van der Waals surface area contributed by atoms with Crippen molar-refractivity contribution in [2.75, 3.05) is 30.4 Å². The summed E-state index contributed by atoms with van der Waals surface area (Å²) in [6.07, 6.45) is 3.50. The van der Waals surface area contributed by atoms with Gasteiger partial charge in [-0.2, -0.15) is 4.39 Å². The number of amides is 1. The van der Waals surface area contributed by atoms with Crippen LogP contribution in [0.15, 0.2) is 53.7 Å². The van der Waals surface area contributed by atoms with Gasteiger partial charge in [-0.3, -0.25) is 4.79 Å².